The van der Waals surface area contributed by atoms with Crippen molar-refractivity contribution in [2.45, 2.75) is 53.4 Å². The van der Waals surface area contributed by atoms with Crippen molar-refractivity contribution in [1.29, 1.82) is 0 Å². The van der Waals surface area contributed by atoms with Crippen molar-refractivity contribution in [2.75, 3.05) is 6.61 Å². The lowest BCUT2D eigenvalue weighted by Gasteiger charge is -2.04. The smallest absolute Gasteiger partial charge is 0.192 e. The molecule has 2 heteroatoms. The molecule has 0 saturated heterocycles. The summed E-state index contributed by atoms with van der Waals surface area (Å²) in [7, 11) is 0. The third-order valence-electron chi connectivity index (χ3n) is 2.74. The molecular formula is C20H28O2. The molecule has 0 N–H and O–H groups in total. The molecule has 2 nitrogen and oxygen atoms in total. The van der Waals surface area contributed by atoms with Crippen LogP contribution >= 0.6 is 0 Å². The monoisotopic (exact) mass is 300 g/mol. The first-order chi connectivity index (χ1) is 10.7. The Morgan fingerprint density at radius 1 is 1.14 bits per heavy atom. The maximum Gasteiger partial charge on any atom is 0.192 e. The third-order valence-corrected chi connectivity index (χ3v) is 2.74. The van der Waals surface area contributed by atoms with Gasteiger partial charge >= 0.3 is 0 Å². The first-order valence-electron chi connectivity index (χ1n) is 8.00. The highest BCUT2D eigenvalue weighted by Gasteiger charge is 1.98. The van der Waals surface area contributed by atoms with Crippen LogP contribution in [0.3, 0.4) is 0 Å². The van der Waals surface area contributed by atoms with Crippen LogP contribution in [-0.4, -0.2) is 12.4 Å². The molecule has 1 aromatic carbocycles. The molecule has 1 aromatic rings. The lowest BCUT2D eigenvalue weighted by Crippen LogP contribution is -2.07. The minimum Gasteiger partial charge on any atom is -0.485 e. The quantitative estimate of drug-likeness (QED) is 0.547. The van der Waals surface area contributed by atoms with Crippen LogP contribution in [0.5, 0.6) is 5.75 Å². The van der Waals surface area contributed by atoms with E-state index in [1.807, 2.05) is 31.2 Å². The van der Waals surface area contributed by atoms with Crippen LogP contribution in [0.1, 0.15) is 52.5 Å². The predicted molar refractivity (Wildman–Crippen MR) is 94.1 cm³/mol. The number of benzene rings is 1. The summed E-state index contributed by atoms with van der Waals surface area (Å²) in [5, 5.41) is 0. The zero-order valence-corrected chi connectivity index (χ0v) is 14.3. The van der Waals surface area contributed by atoms with Gasteiger partial charge in [0, 0.05) is 12.8 Å². The minimum absolute atomic E-state index is 0.0166. The van der Waals surface area contributed by atoms with E-state index in [1.54, 1.807) is 6.08 Å². The molecule has 0 atom stereocenters. The summed E-state index contributed by atoms with van der Waals surface area (Å²) in [5.41, 5.74) is 1.27. The largest absolute Gasteiger partial charge is 0.485 e. The van der Waals surface area contributed by atoms with Gasteiger partial charge in [-0.2, -0.15) is 0 Å². The number of hydrogen-bond acceptors (Lipinski definition) is 2. The number of carbonyl (C=O) groups excluding carboxylic acids is 1. The van der Waals surface area contributed by atoms with E-state index in [0.717, 1.165) is 25.0 Å². The molecule has 0 radical (unpaired) electrons. The molecule has 0 aliphatic rings. The summed E-state index contributed by atoms with van der Waals surface area (Å²) in [6.07, 6.45) is 7.49. The molecule has 0 unspecified atom stereocenters. The molecule has 0 amide bonds. The first kappa shape index (κ1) is 20.0. The van der Waals surface area contributed by atoms with Crippen LogP contribution in [0.25, 0.3) is 0 Å². The van der Waals surface area contributed by atoms with Gasteiger partial charge in [-0.05, 0) is 43.5 Å². The van der Waals surface area contributed by atoms with E-state index in [0.29, 0.717) is 0 Å². The van der Waals surface area contributed by atoms with E-state index in [4.69, 9.17) is 4.74 Å². The first-order valence-corrected chi connectivity index (χ1v) is 8.00. The summed E-state index contributed by atoms with van der Waals surface area (Å²) < 4.78 is 5.32. The summed E-state index contributed by atoms with van der Waals surface area (Å²) in [5.74, 6) is 6.76. The van der Waals surface area contributed by atoms with E-state index in [2.05, 4.69) is 32.6 Å². The minimum atomic E-state index is -0.0166. The van der Waals surface area contributed by atoms with Crippen LogP contribution in [0.4, 0.5) is 0 Å². The summed E-state index contributed by atoms with van der Waals surface area (Å²) in [6.45, 7) is 8.24. The maximum atomic E-state index is 11.1. The number of aryl methyl sites for hydroxylation is 1. The summed E-state index contributed by atoms with van der Waals surface area (Å²) in [6, 6.07) is 7.80. The van der Waals surface area contributed by atoms with Crippen LogP contribution in [0.15, 0.2) is 36.4 Å². The molecule has 0 bridgehead atoms. The van der Waals surface area contributed by atoms with Crippen LogP contribution < -0.4 is 4.74 Å². The van der Waals surface area contributed by atoms with Gasteiger partial charge in [0.25, 0.3) is 0 Å². The van der Waals surface area contributed by atoms with E-state index in [-0.39, 0.29) is 12.4 Å². The average Bonchev–Trinajstić information content (AvgIpc) is 2.55. The highest BCUT2D eigenvalue weighted by molar-refractivity contribution is 5.90. The summed E-state index contributed by atoms with van der Waals surface area (Å²) >= 11 is 0. The fraction of sp³-hybridized carbons (Fsp3) is 0.450. The van der Waals surface area contributed by atoms with Crippen molar-refractivity contribution in [3.05, 3.63) is 42.0 Å². The van der Waals surface area contributed by atoms with Gasteiger partial charge in [-0.3, -0.25) is 4.79 Å². The second-order valence-electron chi connectivity index (χ2n) is 4.71. The molecular weight excluding hydrogens is 272 g/mol. The Balaban J connectivity index is 0.000000534. The molecule has 0 saturated carbocycles. The lowest BCUT2D eigenvalue weighted by molar-refractivity contribution is -0.116. The normalized spacial score (nSPS) is 9.45. The van der Waals surface area contributed by atoms with Crippen molar-refractivity contribution in [1.82, 2.24) is 0 Å². The van der Waals surface area contributed by atoms with Gasteiger partial charge in [-0.15, -0.1) is 11.8 Å². The SMILES string of the molecule is C/C=C/C(=O)COc1ccc(CC)cc1.CCC#CCCC. The van der Waals surface area contributed by atoms with Gasteiger partial charge in [-0.25, -0.2) is 0 Å². The van der Waals surface area contributed by atoms with Crippen molar-refractivity contribution < 1.29 is 9.53 Å². The molecule has 0 aliphatic carbocycles. The Bertz CT molecular complexity index is 487. The second kappa shape index (κ2) is 13.9. The lowest BCUT2D eigenvalue weighted by atomic mass is 10.2. The molecule has 1 rings (SSSR count). The Morgan fingerprint density at radius 3 is 2.32 bits per heavy atom. The standard InChI is InChI=1S/C13H16O2.C7H12/c1-3-5-12(14)10-15-13-8-6-11(4-2)7-9-13;1-3-5-7-6-4-2/h3,5-9H,4,10H2,1-2H3;3-5H2,1-2H3/b5-3+;. The number of rotatable bonds is 6. The average molecular weight is 300 g/mol. The zero-order chi connectivity index (χ0) is 16.6. The van der Waals surface area contributed by atoms with Crippen molar-refractivity contribution in [3.63, 3.8) is 0 Å². The fourth-order valence-corrected chi connectivity index (χ4v) is 1.55. The Morgan fingerprint density at radius 2 is 1.82 bits per heavy atom. The number of hydrogen-bond donors (Lipinski definition) is 0. The van der Waals surface area contributed by atoms with E-state index in [9.17, 15) is 4.79 Å². The number of allylic oxidation sites excluding steroid dienone is 1. The topological polar surface area (TPSA) is 26.3 Å². The van der Waals surface area contributed by atoms with Gasteiger partial charge in [0.1, 0.15) is 5.75 Å². The van der Waals surface area contributed by atoms with E-state index < -0.39 is 0 Å². The number of ether oxygens (including phenoxy) is 1. The van der Waals surface area contributed by atoms with Gasteiger partial charge in [-0.1, -0.05) is 39.0 Å². The maximum absolute atomic E-state index is 11.1. The van der Waals surface area contributed by atoms with E-state index >= 15 is 0 Å². The molecule has 120 valence electrons. The molecule has 0 aromatic heterocycles. The molecule has 0 fully saturated rings. The molecule has 0 heterocycles. The van der Waals surface area contributed by atoms with Crippen LogP contribution in [0.2, 0.25) is 0 Å². The van der Waals surface area contributed by atoms with Crippen LogP contribution in [0, 0.1) is 11.8 Å². The van der Waals surface area contributed by atoms with Crippen LogP contribution in [-0.2, 0) is 11.2 Å². The molecule has 0 aliphatic heterocycles. The highest BCUT2D eigenvalue weighted by Crippen LogP contribution is 2.12. The third kappa shape index (κ3) is 10.7. The molecule has 0 spiro atoms. The number of ketones is 1. The highest BCUT2D eigenvalue weighted by atomic mass is 16.5. The second-order valence-corrected chi connectivity index (χ2v) is 4.71. The Hall–Kier alpha value is -2.01. The van der Waals surface area contributed by atoms with Gasteiger partial charge in [0.2, 0.25) is 0 Å². The van der Waals surface area contributed by atoms with Crippen molar-refractivity contribution in [2.24, 2.45) is 0 Å². The van der Waals surface area contributed by atoms with Gasteiger partial charge < -0.3 is 4.74 Å². The summed E-state index contributed by atoms with van der Waals surface area (Å²) in [4.78, 5) is 11.1. The zero-order valence-electron chi connectivity index (χ0n) is 14.3. The van der Waals surface area contributed by atoms with Gasteiger partial charge in [0.05, 0.1) is 0 Å². The number of unbranched alkanes of at least 4 members (excludes halogenated alkanes) is 1. The molecule has 22 heavy (non-hydrogen) atoms. The van der Waals surface area contributed by atoms with Gasteiger partial charge in [0.15, 0.2) is 12.4 Å². The Labute approximate surface area is 135 Å². The fourth-order valence-electron chi connectivity index (χ4n) is 1.55. The number of carbonyl (C=O) groups is 1. The van der Waals surface area contributed by atoms with E-state index in [1.165, 1.54) is 18.1 Å². The predicted octanol–water partition coefficient (Wildman–Crippen LogP) is 4.97. The van der Waals surface area contributed by atoms with Crippen molar-refractivity contribution in [3.8, 4) is 17.6 Å². The Kier molecular flexibility index (Phi) is 12.7. The van der Waals surface area contributed by atoms with Crippen molar-refractivity contribution >= 4 is 5.78 Å².